The third-order valence-electron chi connectivity index (χ3n) is 2.42. The Morgan fingerprint density at radius 1 is 1.39 bits per heavy atom. The van der Waals surface area contributed by atoms with Crippen LogP contribution in [0.25, 0.3) is 0 Å². The summed E-state index contributed by atoms with van der Waals surface area (Å²) in [5.74, 6) is 0.282. The van der Waals surface area contributed by atoms with E-state index in [9.17, 15) is 4.79 Å². The van der Waals surface area contributed by atoms with E-state index < -0.39 is 0 Å². The molecule has 0 radical (unpaired) electrons. The second kappa shape index (κ2) is 6.83. The highest BCUT2D eigenvalue weighted by Gasteiger charge is 2.20. The first-order chi connectivity index (χ1) is 7.66. The maximum absolute atomic E-state index is 11.8. The molecule has 0 fully saturated rings. The molecule has 18 heavy (non-hydrogen) atoms. The molecular formula is C11H17ClN4O2. The summed E-state index contributed by atoms with van der Waals surface area (Å²) in [6, 6.07) is 7.36. The van der Waals surface area contributed by atoms with Crippen LogP contribution in [0.1, 0.15) is 5.56 Å². The van der Waals surface area contributed by atoms with Crippen molar-refractivity contribution in [2.45, 2.75) is 6.92 Å². The summed E-state index contributed by atoms with van der Waals surface area (Å²) in [4.78, 5) is 17.1. The zero-order chi connectivity index (χ0) is 11.5. The molecular weight excluding hydrogens is 256 g/mol. The van der Waals surface area contributed by atoms with Crippen LogP contribution in [0.15, 0.2) is 29.3 Å². The van der Waals surface area contributed by atoms with Crippen molar-refractivity contribution in [1.82, 2.24) is 4.90 Å². The van der Waals surface area contributed by atoms with Crippen LogP contribution in [0.2, 0.25) is 0 Å². The lowest BCUT2D eigenvalue weighted by atomic mass is 10.2. The largest absolute Gasteiger partial charge is 0.412 e. The quantitative estimate of drug-likeness (QED) is 0.788. The molecule has 100 valence electrons. The molecule has 1 aliphatic rings. The van der Waals surface area contributed by atoms with Gasteiger partial charge < -0.3 is 16.5 Å². The standard InChI is InChI=1S/C11H14N4O.ClH.H2O/c1-8-2-4-9(5-3-8)14-11(16)15-7-6-13-10(15)12;;/h2-5H,6-7H2,1H3,(H2,12,13)(H,14,16);1H;1H2. The Kier molecular flexibility index (Phi) is 6.15. The summed E-state index contributed by atoms with van der Waals surface area (Å²) in [7, 11) is 0. The molecule has 0 aliphatic carbocycles. The maximum Gasteiger partial charge on any atom is 0.328 e. The number of aryl methyl sites for hydroxylation is 1. The van der Waals surface area contributed by atoms with E-state index in [-0.39, 0.29) is 29.9 Å². The van der Waals surface area contributed by atoms with Crippen molar-refractivity contribution < 1.29 is 10.3 Å². The lowest BCUT2D eigenvalue weighted by molar-refractivity contribution is 0.236. The molecule has 0 atom stereocenters. The zero-order valence-corrected chi connectivity index (χ0v) is 10.8. The summed E-state index contributed by atoms with van der Waals surface area (Å²) < 4.78 is 0. The molecule has 1 aromatic carbocycles. The summed E-state index contributed by atoms with van der Waals surface area (Å²) in [5, 5.41) is 2.77. The smallest absolute Gasteiger partial charge is 0.328 e. The summed E-state index contributed by atoms with van der Waals surface area (Å²) in [5.41, 5.74) is 7.49. The van der Waals surface area contributed by atoms with Gasteiger partial charge in [-0.05, 0) is 19.1 Å². The van der Waals surface area contributed by atoms with Crippen molar-refractivity contribution in [2.75, 3.05) is 18.4 Å². The van der Waals surface area contributed by atoms with Gasteiger partial charge in [-0.25, -0.2) is 4.79 Å². The summed E-state index contributed by atoms with van der Waals surface area (Å²) in [6.07, 6.45) is 0. The number of halogens is 1. The van der Waals surface area contributed by atoms with Gasteiger partial charge in [0.25, 0.3) is 0 Å². The molecule has 0 aromatic heterocycles. The van der Waals surface area contributed by atoms with Gasteiger partial charge in [0.05, 0.1) is 13.1 Å². The van der Waals surface area contributed by atoms with Crippen molar-refractivity contribution in [2.24, 2.45) is 10.7 Å². The van der Waals surface area contributed by atoms with Crippen LogP contribution >= 0.6 is 12.4 Å². The third kappa shape index (κ3) is 3.61. The molecule has 0 saturated carbocycles. The van der Waals surface area contributed by atoms with Crippen molar-refractivity contribution in [3.63, 3.8) is 0 Å². The monoisotopic (exact) mass is 272 g/mol. The van der Waals surface area contributed by atoms with Crippen LogP contribution in [0, 0.1) is 6.92 Å². The van der Waals surface area contributed by atoms with Crippen molar-refractivity contribution in [3.8, 4) is 0 Å². The van der Waals surface area contributed by atoms with E-state index in [1.54, 1.807) is 0 Å². The van der Waals surface area contributed by atoms with Crippen molar-refractivity contribution in [3.05, 3.63) is 29.8 Å². The Morgan fingerprint density at radius 3 is 2.50 bits per heavy atom. The fourth-order valence-electron chi connectivity index (χ4n) is 1.50. The second-order valence-corrected chi connectivity index (χ2v) is 3.69. The molecule has 0 spiro atoms. The predicted octanol–water partition coefficient (Wildman–Crippen LogP) is 0.754. The van der Waals surface area contributed by atoms with Gasteiger partial charge in [-0.2, -0.15) is 0 Å². The average molecular weight is 273 g/mol. The topological polar surface area (TPSA) is 102 Å². The minimum Gasteiger partial charge on any atom is -0.412 e. The van der Waals surface area contributed by atoms with E-state index in [0.717, 1.165) is 11.3 Å². The zero-order valence-electron chi connectivity index (χ0n) is 10.0. The van der Waals surface area contributed by atoms with Crippen molar-refractivity contribution >= 4 is 30.1 Å². The van der Waals surface area contributed by atoms with E-state index in [0.29, 0.717) is 13.1 Å². The highest BCUT2D eigenvalue weighted by atomic mass is 35.5. The van der Waals surface area contributed by atoms with E-state index in [2.05, 4.69) is 10.3 Å². The highest BCUT2D eigenvalue weighted by molar-refractivity contribution is 6.02. The number of anilines is 1. The third-order valence-corrected chi connectivity index (χ3v) is 2.42. The van der Waals surface area contributed by atoms with Crippen LogP contribution in [-0.2, 0) is 0 Å². The Bertz CT molecular complexity index is 433. The van der Waals surface area contributed by atoms with E-state index in [1.165, 1.54) is 4.90 Å². The first-order valence-electron chi connectivity index (χ1n) is 5.12. The van der Waals surface area contributed by atoms with E-state index >= 15 is 0 Å². The number of nitrogens with zero attached hydrogens (tertiary/aromatic N) is 2. The number of carbonyl (C=O) groups excluding carboxylic acids is 1. The lowest BCUT2D eigenvalue weighted by Gasteiger charge is -2.16. The van der Waals surface area contributed by atoms with Gasteiger partial charge in [-0.3, -0.25) is 9.89 Å². The predicted molar refractivity (Wildman–Crippen MR) is 74.3 cm³/mol. The van der Waals surface area contributed by atoms with Crippen LogP contribution < -0.4 is 11.1 Å². The molecule has 7 heteroatoms. The summed E-state index contributed by atoms with van der Waals surface area (Å²) >= 11 is 0. The van der Waals surface area contributed by atoms with Crippen LogP contribution in [0.4, 0.5) is 10.5 Å². The number of benzene rings is 1. The normalized spacial score (nSPS) is 13.2. The van der Waals surface area contributed by atoms with Gasteiger partial charge in [-0.15, -0.1) is 12.4 Å². The van der Waals surface area contributed by atoms with Gasteiger partial charge in [0.15, 0.2) is 5.96 Å². The van der Waals surface area contributed by atoms with Crippen molar-refractivity contribution in [1.29, 1.82) is 0 Å². The number of guanidine groups is 1. The number of hydrogen-bond acceptors (Lipinski definition) is 3. The van der Waals surface area contributed by atoms with E-state index in [1.807, 2.05) is 31.2 Å². The van der Waals surface area contributed by atoms with Crippen LogP contribution in [-0.4, -0.2) is 35.5 Å². The number of nitrogens with one attached hydrogen (secondary N) is 1. The molecule has 0 saturated heterocycles. The Hall–Kier alpha value is -1.79. The molecule has 1 aromatic rings. The lowest BCUT2D eigenvalue weighted by Crippen LogP contribution is -2.41. The molecule has 1 heterocycles. The molecule has 2 rings (SSSR count). The molecule has 0 bridgehead atoms. The number of rotatable bonds is 1. The fourth-order valence-corrected chi connectivity index (χ4v) is 1.50. The Balaban J connectivity index is 0.00000144. The number of hydrogen-bond donors (Lipinski definition) is 2. The van der Waals surface area contributed by atoms with Crippen LogP contribution in [0.5, 0.6) is 0 Å². The number of urea groups is 1. The molecule has 1 aliphatic heterocycles. The minimum absolute atomic E-state index is 0. The van der Waals surface area contributed by atoms with Gasteiger partial charge in [0.1, 0.15) is 0 Å². The molecule has 5 N–H and O–H groups in total. The fraction of sp³-hybridized carbons (Fsp3) is 0.273. The van der Waals surface area contributed by atoms with Gasteiger partial charge in [0, 0.05) is 5.69 Å². The highest BCUT2D eigenvalue weighted by Crippen LogP contribution is 2.10. The molecule has 6 nitrogen and oxygen atoms in total. The number of carbonyl (C=O) groups is 1. The Morgan fingerprint density at radius 2 is 2.00 bits per heavy atom. The first kappa shape index (κ1) is 16.2. The average Bonchev–Trinajstić information content (AvgIpc) is 2.68. The van der Waals surface area contributed by atoms with Gasteiger partial charge in [-0.1, -0.05) is 17.7 Å². The SMILES string of the molecule is Cc1ccc(NC(=O)N2CCN=C2N)cc1.Cl.O. The number of aliphatic imine (C=N–C) groups is 1. The van der Waals surface area contributed by atoms with Gasteiger partial charge in [0.2, 0.25) is 0 Å². The Labute approximate surface area is 112 Å². The van der Waals surface area contributed by atoms with Crippen LogP contribution in [0.3, 0.4) is 0 Å². The number of amides is 2. The molecule has 2 amide bonds. The van der Waals surface area contributed by atoms with Gasteiger partial charge >= 0.3 is 6.03 Å². The molecule has 0 unspecified atom stereocenters. The second-order valence-electron chi connectivity index (χ2n) is 3.69. The van der Waals surface area contributed by atoms with E-state index in [4.69, 9.17) is 5.73 Å². The minimum atomic E-state index is -0.234. The maximum atomic E-state index is 11.8. The first-order valence-corrected chi connectivity index (χ1v) is 5.12. The number of nitrogens with two attached hydrogens (primary N) is 1. The summed E-state index contributed by atoms with van der Waals surface area (Å²) in [6.45, 7) is 3.12.